The van der Waals surface area contributed by atoms with Crippen LogP contribution in [0.4, 0.5) is 13.2 Å². The molecule has 1 nitrogen and oxygen atoms in total. The number of ether oxygens (including phenoxy) is 1. The normalized spacial score (nSPS) is 19.9. The molecule has 2 aromatic rings. The van der Waals surface area contributed by atoms with Crippen molar-refractivity contribution in [3.05, 3.63) is 65.0 Å². The Labute approximate surface area is 159 Å². The maximum Gasteiger partial charge on any atom is 0.161 e. The lowest BCUT2D eigenvalue weighted by atomic mass is 9.77. The summed E-state index contributed by atoms with van der Waals surface area (Å²) in [4.78, 5) is 0. The Morgan fingerprint density at radius 2 is 1.56 bits per heavy atom. The highest BCUT2D eigenvalue weighted by atomic mass is 19.2. The van der Waals surface area contributed by atoms with Crippen molar-refractivity contribution in [1.29, 1.82) is 0 Å². The highest BCUT2D eigenvalue weighted by Crippen LogP contribution is 2.38. The van der Waals surface area contributed by atoms with E-state index in [0.717, 1.165) is 12.0 Å². The van der Waals surface area contributed by atoms with Crippen LogP contribution < -0.4 is 4.74 Å². The summed E-state index contributed by atoms with van der Waals surface area (Å²) in [5, 5.41) is 0. The Balaban J connectivity index is 1.53. The van der Waals surface area contributed by atoms with E-state index in [2.05, 4.69) is 19.1 Å². The van der Waals surface area contributed by atoms with Gasteiger partial charge in [0.25, 0.3) is 0 Å². The molecule has 0 N–H and O–H groups in total. The molecule has 1 fully saturated rings. The third-order valence-electron chi connectivity index (χ3n) is 5.65. The van der Waals surface area contributed by atoms with Gasteiger partial charge in [-0.2, -0.15) is 0 Å². The summed E-state index contributed by atoms with van der Waals surface area (Å²) in [5.41, 5.74) is 1.32. The van der Waals surface area contributed by atoms with E-state index in [1.54, 1.807) is 0 Å². The average molecular weight is 376 g/mol. The maximum atomic E-state index is 13.7. The molecule has 0 radical (unpaired) electrons. The minimum atomic E-state index is -1.19. The fraction of sp³-hybridized carbons (Fsp3) is 0.478. The predicted octanol–water partition coefficient (Wildman–Crippen LogP) is 7.15. The smallest absolute Gasteiger partial charge is 0.161 e. The summed E-state index contributed by atoms with van der Waals surface area (Å²) in [7, 11) is 0. The van der Waals surface area contributed by atoms with Crippen molar-refractivity contribution in [3.63, 3.8) is 0 Å². The number of benzene rings is 2. The molecule has 0 heterocycles. The second-order valence-electron chi connectivity index (χ2n) is 7.58. The van der Waals surface area contributed by atoms with Gasteiger partial charge < -0.3 is 4.74 Å². The van der Waals surface area contributed by atoms with E-state index in [-0.39, 0.29) is 12.2 Å². The first kappa shape index (κ1) is 19.8. The molecular formula is C23H27F3O. The molecule has 0 aliphatic heterocycles. The second kappa shape index (κ2) is 9.29. The van der Waals surface area contributed by atoms with Gasteiger partial charge in [-0.15, -0.1) is 0 Å². The topological polar surface area (TPSA) is 9.23 Å². The number of rotatable bonds is 7. The van der Waals surface area contributed by atoms with E-state index in [1.807, 2.05) is 12.1 Å². The van der Waals surface area contributed by atoms with Gasteiger partial charge in [-0.1, -0.05) is 38.3 Å². The highest BCUT2D eigenvalue weighted by Gasteiger charge is 2.22. The van der Waals surface area contributed by atoms with E-state index in [1.165, 1.54) is 50.5 Å². The lowest BCUT2D eigenvalue weighted by molar-refractivity contribution is 0.296. The largest absolute Gasteiger partial charge is 0.489 e. The second-order valence-corrected chi connectivity index (χ2v) is 7.58. The zero-order valence-corrected chi connectivity index (χ0v) is 15.8. The van der Waals surface area contributed by atoms with Gasteiger partial charge in [-0.3, -0.25) is 0 Å². The van der Waals surface area contributed by atoms with Gasteiger partial charge in [-0.05, 0) is 61.3 Å². The first-order valence-electron chi connectivity index (χ1n) is 9.93. The maximum absolute atomic E-state index is 13.7. The van der Waals surface area contributed by atoms with Crippen LogP contribution in [0.3, 0.4) is 0 Å². The molecule has 4 heteroatoms. The Morgan fingerprint density at radius 3 is 2.22 bits per heavy atom. The van der Waals surface area contributed by atoms with Gasteiger partial charge >= 0.3 is 0 Å². The third-order valence-corrected chi connectivity index (χ3v) is 5.65. The Kier molecular flexibility index (Phi) is 6.81. The molecule has 3 rings (SSSR count). The van der Waals surface area contributed by atoms with Crippen molar-refractivity contribution in [2.75, 3.05) is 0 Å². The van der Waals surface area contributed by atoms with Gasteiger partial charge in [0.1, 0.15) is 18.2 Å². The van der Waals surface area contributed by atoms with Crippen molar-refractivity contribution >= 4 is 0 Å². The van der Waals surface area contributed by atoms with Crippen molar-refractivity contribution in [3.8, 4) is 5.75 Å². The highest BCUT2D eigenvalue weighted by molar-refractivity contribution is 5.30. The molecule has 2 aromatic carbocycles. The van der Waals surface area contributed by atoms with E-state index in [9.17, 15) is 13.2 Å². The van der Waals surface area contributed by atoms with Crippen molar-refractivity contribution in [2.45, 2.75) is 64.4 Å². The lowest BCUT2D eigenvalue weighted by Gasteiger charge is -2.28. The molecule has 27 heavy (non-hydrogen) atoms. The minimum Gasteiger partial charge on any atom is -0.489 e. The molecular weight excluding hydrogens is 349 g/mol. The van der Waals surface area contributed by atoms with E-state index in [4.69, 9.17) is 4.74 Å². The van der Waals surface area contributed by atoms with Crippen LogP contribution in [-0.2, 0) is 6.61 Å². The monoisotopic (exact) mass is 376 g/mol. The van der Waals surface area contributed by atoms with Crippen molar-refractivity contribution in [2.24, 2.45) is 5.92 Å². The zero-order valence-electron chi connectivity index (χ0n) is 15.8. The van der Waals surface area contributed by atoms with Crippen molar-refractivity contribution in [1.82, 2.24) is 0 Å². The molecule has 1 saturated carbocycles. The van der Waals surface area contributed by atoms with Crippen LogP contribution >= 0.6 is 0 Å². The lowest BCUT2D eigenvalue weighted by Crippen LogP contribution is -2.13. The van der Waals surface area contributed by atoms with Gasteiger partial charge in [-0.25, -0.2) is 13.2 Å². The third kappa shape index (κ3) is 5.27. The summed E-state index contributed by atoms with van der Waals surface area (Å²) in [6.45, 7) is 2.11. The quantitative estimate of drug-likeness (QED) is 0.466. The SMILES string of the molecule is CCCCC1CCC(c2ccc(OCc3cc(F)c(F)cc3F)cc2)CC1. The molecule has 0 atom stereocenters. The fourth-order valence-electron chi connectivity index (χ4n) is 3.95. The summed E-state index contributed by atoms with van der Waals surface area (Å²) >= 11 is 0. The molecule has 1 aliphatic carbocycles. The molecule has 0 aromatic heterocycles. The molecule has 146 valence electrons. The van der Waals surface area contributed by atoms with Crippen LogP contribution in [-0.4, -0.2) is 0 Å². The van der Waals surface area contributed by atoms with Crippen LogP contribution in [0.1, 0.15) is 68.9 Å². The van der Waals surface area contributed by atoms with Crippen LogP contribution in [0, 0.1) is 23.4 Å². The van der Waals surface area contributed by atoms with Crippen LogP contribution in [0.25, 0.3) is 0 Å². The van der Waals surface area contributed by atoms with E-state index < -0.39 is 17.5 Å². The molecule has 0 bridgehead atoms. The first-order chi connectivity index (χ1) is 13.1. The Bertz CT molecular complexity index is 734. The zero-order chi connectivity index (χ0) is 19.2. The summed E-state index contributed by atoms with van der Waals surface area (Å²) in [6, 6.07) is 9.26. The van der Waals surface area contributed by atoms with Gasteiger partial charge in [0.05, 0.1) is 0 Å². The Morgan fingerprint density at radius 1 is 0.889 bits per heavy atom. The van der Waals surface area contributed by atoms with Gasteiger partial charge in [0.2, 0.25) is 0 Å². The molecule has 1 aliphatic rings. The molecule has 0 amide bonds. The van der Waals surface area contributed by atoms with Crippen molar-refractivity contribution < 1.29 is 17.9 Å². The van der Waals surface area contributed by atoms with Crippen LogP contribution in [0.2, 0.25) is 0 Å². The fourth-order valence-corrected chi connectivity index (χ4v) is 3.95. The number of hydrogen-bond donors (Lipinski definition) is 0. The number of unbranched alkanes of at least 4 members (excludes halogenated alkanes) is 1. The standard InChI is InChI=1S/C23H27F3O/c1-2-3-4-16-5-7-17(8-6-16)18-9-11-20(12-10-18)27-15-19-13-22(25)23(26)14-21(19)24/h9-14,16-17H,2-8,15H2,1H3. The molecule has 0 spiro atoms. The number of halogens is 3. The number of hydrogen-bond acceptors (Lipinski definition) is 1. The summed E-state index contributed by atoms with van der Waals surface area (Å²) in [6.07, 6.45) is 9.03. The predicted molar refractivity (Wildman–Crippen MR) is 101 cm³/mol. The van der Waals surface area contributed by atoms with Crippen LogP contribution in [0.15, 0.2) is 36.4 Å². The summed E-state index contributed by atoms with van der Waals surface area (Å²) in [5.74, 6) is -0.981. The van der Waals surface area contributed by atoms with E-state index >= 15 is 0 Å². The average Bonchev–Trinajstić information content (AvgIpc) is 2.69. The summed E-state index contributed by atoms with van der Waals surface area (Å²) < 4.78 is 45.4. The van der Waals surface area contributed by atoms with Gasteiger partial charge in [0, 0.05) is 11.6 Å². The van der Waals surface area contributed by atoms with Crippen LogP contribution in [0.5, 0.6) is 5.75 Å². The molecule has 0 saturated heterocycles. The minimum absolute atomic E-state index is 0.00313. The van der Waals surface area contributed by atoms with Gasteiger partial charge in [0.15, 0.2) is 11.6 Å². The molecule has 0 unspecified atom stereocenters. The Hall–Kier alpha value is -1.97. The van der Waals surface area contributed by atoms with E-state index in [0.29, 0.717) is 17.7 Å². The first-order valence-corrected chi connectivity index (χ1v) is 9.93.